The van der Waals surface area contributed by atoms with Crippen molar-refractivity contribution in [1.82, 2.24) is 9.97 Å². The minimum atomic E-state index is -1.61. The van der Waals surface area contributed by atoms with Crippen LogP contribution in [-0.4, -0.2) is 25.3 Å². The topological polar surface area (TPSA) is 86.5 Å². The van der Waals surface area contributed by atoms with Crippen molar-refractivity contribution < 1.29 is 15.3 Å². The average molecular weight is 427 g/mol. The van der Waals surface area contributed by atoms with Gasteiger partial charge in [0.2, 0.25) is 0 Å². The number of aliphatic hydroxyl groups excluding tert-OH is 1. The molecule has 0 aliphatic heterocycles. The van der Waals surface area contributed by atoms with Crippen molar-refractivity contribution in [3.05, 3.63) is 120 Å². The van der Waals surface area contributed by atoms with Crippen molar-refractivity contribution in [2.24, 2.45) is 17.8 Å². The maximum absolute atomic E-state index is 12.3. The van der Waals surface area contributed by atoms with Gasteiger partial charge in [-0.2, -0.15) is 0 Å². The van der Waals surface area contributed by atoms with Crippen LogP contribution in [0.2, 0.25) is 0 Å². The third-order valence-electron chi connectivity index (χ3n) is 6.85. The van der Waals surface area contributed by atoms with Gasteiger partial charge < -0.3 is 15.3 Å². The Balaban J connectivity index is 1.71. The van der Waals surface area contributed by atoms with Crippen LogP contribution in [-0.2, 0) is 11.2 Å². The van der Waals surface area contributed by atoms with E-state index in [1.807, 2.05) is 48.6 Å². The van der Waals surface area contributed by atoms with Crippen LogP contribution in [0.1, 0.15) is 24.2 Å². The lowest BCUT2D eigenvalue weighted by Gasteiger charge is -2.51. The smallest absolute Gasteiger partial charge is 0.120 e. The van der Waals surface area contributed by atoms with E-state index in [1.165, 1.54) is 0 Å². The lowest BCUT2D eigenvalue weighted by Crippen LogP contribution is -2.54. The highest BCUT2D eigenvalue weighted by Gasteiger charge is 2.58. The lowest BCUT2D eigenvalue weighted by molar-refractivity contribution is -0.171. The number of aromatic nitrogens is 2. The molecule has 4 unspecified atom stereocenters. The Morgan fingerprint density at radius 3 is 2.06 bits per heavy atom. The van der Waals surface area contributed by atoms with Gasteiger partial charge in [-0.25, -0.2) is 0 Å². The summed E-state index contributed by atoms with van der Waals surface area (Å²) in [5.74, 6) is -0.887. The highest BCUT2D eigenvalue weighted by molar-refractivity contribution is 5.44. The molecule has 4 atom stereocenters. The zero-order valence-corrected chi connectivity index (χ0v) is 17.6. The van der Waals surface area contributed by atoms with Crippen LogP contribution in [0.25, 0.3) is 0 Å². The molecular weight excluding hydrogens is 400 g/mol. The number of pyridine rings is 2. The molecule has 3 aliphatic rings. The molecule has 3 N–H and O–H groups in total. The zero-order chi connectivity index (χ0) is 22.2. The van der Waals surface area contributed by atoms with E-state index in [0.29, 0.717) is 23.4 Å². The minimum absolute atomic E-state index is 0.0277. The van der Waals surface area contributed by atoms with Crippen LogP contribution >= 0.6 is 0 Å². The number of nitrogens with zero attached hydrogens (tertiary/aromatic N) is 2. The number of aliphatic hydroxyl groups is 3. The molecule has 0 bridgehead atoms. The van der Waals surface area contributed by atoms with Crippen molar-refractivity contribution in [2.45, 2.75) is 24.0 Å². The first-order valence-electron chi connectivity index (χ1n) is 10.9. The quantitative estimate of drug-likeness (QED) is 0.636. The molecule has 0 aromatic carbocycles. The first-order chi connectivity index (χ1) is 15.5. The van der Waals surface area contributed by atoms with E-state index in [4.69, 9.17) is 0 Å². The molecule has 3 aliphatic carbocycles. The zero-order valence-electron chi connectivity index (χ0n) is 17.6. The Labute approximate surface area is 187 Å². The molecule has 0 amide bonds. The number of rotatable bonds is 4. The summed E-state index contributed by atoms with van der Waals surface area (Å²) in [5, 5.41) is 35.7. The molecule has 5 nitrogen and oxygen atoms in total. The van der Waals surface area contributed by atoms with E-state index in [2.05, 4.69) is 22.1 Å². The Bertz CT molecular complexity index is 1110. The Kier molecular flexibility index (Phi) is 5.16. The van der Waals surface area contributed by atoms with Crippen molar-refractivity contribution >= 4 is 0 Å². The Hall–Kier alpha value is -3.28. The van der Waals surface area contributed by atoms with Crippen molar-refractivity contribution in [3.8, 4) is 0 Å². The van der Waals surface area contributed by atoms with Crippen LogP contribution in [0.5, 0.6) is 0 Å². The highest BCUT2D eigenvalue weighted by atomic mass is 16.3. The number of allylic oxidation sites excluding steroid dienone is 9. The van der Waals surface area contributed by atoms with E-state index < -0.39 is 17.1 Å². The SMILES string of the molecule is OC(=C1C=CC=C1)C1C(C2C=CC=C2)CC(O)(c2ccccn2)CC1(O)c1ccccn1. The van der Waals surface area contributed by atoms with Crippen LogP contribution in [0.3, 0.4) is 0 Å². The Morgan fingerprint density at radius 1 is 0.844 bits per heavy atom. The Morgan fingerprint density at radius 2 is 1.47 bits per heavy atom. The minimum Gasteiger partial charge on any atom is -0.511 e. The molecule has 0 saturated heterocycles. The summed E-state index contributed by atoms with van der Waals surface area (Å²) in [5.41, 5.74) is -1.39. The van der Waals surface area contributed by atoms with Gasteiger partial charge in [0.1, 0.15) is 17.0 Å². The van der Waals surface area contributed by atoms with Gasteiger partial charge in [-0.05, 0) is 42.5 Å². The van der Waals surface area contributed by atoms with E-state index in [0.717, 1.165) is 0 Å². The van der Waals surface area contributed by atoms with Crippen LogP contribution in [0, 0.1) is 17.8 Å². The molecule has 1 fully saturated rings. The van der Waals surface area contributed by atoms with Gasteiger partial charge >= 0.3 is 0 Å². The maximum atomic E-state index is 12.3. The molecular formula is C27H26N2O3. The van der Waals surface area contributed by atoms with E-state index in [1.54, 1.807) is 36.7 Å². The predicted octanol–water partition coefficient (Wildman–Crippen LogP) is 4.26. The summed E-state index contributed by atoms with van der Waals surface area (Å²) >= 11 is 0. The third-order valence-corrected chi connectivity index (χ3v) is 6.85. The summed E-state index contributed by atoms with van der Waals surface area (Å²) in [6.45, 7) is 0. The summed E-state index contributed by atoms with van der Waals surface area (Å²) in [4.78, 5) is 8.89. The molecule has 0 spiro atoms. The second-order valence-electron chi connectivity index (χ2n) is 8.81. The summed E-state index contributed by atoms with van der Waals surface area (Å²) in [7, 11) is 0. The number of hydrogen-bond acceptors (Lipinski definition) is 5. The fourth-order valence-electron chi connectivity index (χ4n) is 5.44. The van der Waals surface area contributed by atoms with Crippen molar-refractivity contribution in [1.29, 1.82) is 0 Å². The standard InChI is InChI=1S/C27H26N2O3/c30-25(20-11-3-4-12-20)24-21(19-9-1-2-10-19)17-26(31,22-13-5-7-15-28-22)18-27(24,32)23-14-6-8-16-29-23/h1-16,19,21,24,30-32H,17-18H2. The molecule has 0 radical (unpaired) electrons. The normalized spacial score (nSPS) is 31.5. The van der Waals surface area contributed by atoms with Crippen LogP contribution in [0.15, 0.2) is 109 Å². The molecule has 5 heteroatoms. The predicted molar refractivity (Wildman–Crippen MR) is 122 cm³/mol. The first kappa shape index (κ1) is 20.6. The second-order valence-corrected chi connectivity index (χ2v) is 8.81. The largest absolute Gasteiger partial charge is 0.511 e. The monoisotopic (exact) mass is 426 g/mol. The molecule has 2 aromatic heterocycles. The van der Waals surface area contributed by atoms with E-state index in [9.17, 15) is 15.3 Å². The summed E-state index contributed by atoms with van der Waals surface area (Å²) in [6.07, 6.45) is 19.0. The van der Waals surface area contributed by atoms with Gasteiger partial charge in [0.25, 0.3) is 0 Å². The molecule has 2 heterocycles. The highest BCUT2D eigenvalue weighted by Crippen LogP contribution is 2.56. The molecule has 162 valence electrons. The van der Waals surface area contributed by atoms with E-state index >= 15 is 0 Å². The third kappa shape index (κ3) is 3.44. The van der Waals surface area contributed by atoms with Gasteiger partial charge in [-0.15, -0.1) is 0 Å². The van der Waals surface area contributed by atoms with Gasteiger partial charge in [0.05, 0.1) is 17.3 Å². The second kappa shape index (κ2) is 8.01. The fraction of sp³-hybridized carbons (Fsp3) is 0.259. The maximum Gasteiger partial charge on any atom is 0.120 e. The van der Waals surface area contributed by atoms with E-state index in [-0.39, 0.29) is 24.0 Å². The molecule has 32 heavy (non-hydrogen) atoms. The number of hydrogen-bond donors (Lipinski definition) is 3. The molecule has 2 aromatic rings. The first-order valence-corrected chi connectivity index (χ1v) is 10.9. The summed E-state index contributed by atoms with van der Waals surface area (Å²) < 4.78 is 0. The van der Waals surface area contributed by atoms with Gasteiger partial charge in [-0.3, -0.25) is 9.97 Å². The van der Waals surface area contributed by atoms with Crippen molar-refractivity contribution in [3.63, 3.8) is 0 Å². The molecule has 5 rings (SSSR count). The van der Waals surface area contributed by atoms with Gasteiger partial charge in [-0.1, -0.05) is 60.7 Å². The van der Waals surface area contributed by atoms with Crippen molar-refractivity contribution in [2.75, 3.05) is 0 Å². The fourth-order valence-corrected chi connectivity index (χ4v) is 5.44. The average Bonchev–Trinajstić information content (AvgIpc) is 3.54. The molecule has 1 saturated carbocycles. The lowest BCUT2D eigenvalue weighted by atomic mass is 9.57. The van der Waals surface area contributed by atoms with Gasteiger partial charge in [0, 0.05) is 24.4 Å². The van der Waals surface area contributed by atoms with Gasteiger partial charge in [0.15, 0.2) is 0 Å². The summed E-state index contributed by atoms with van der Waals surface area (Å²) in [6, 6.07) is 10.8. The van der Waals surface area contributed by atoms with Crippen LogP contribution < -0.4 is 0 Å². The van der Waals surface area contributed by atoms with Crippen LogP contribution in [0.4, 0.5) is 0 Å².